The van der Waals surface area contributed by atoms with Gasteiger partial charge in [0, 0.05) is 35.8 Å². The Morgan fingerprint density at radius 2 is 1.61 bits per heavy atom. The molecule has 2 rings (SSSR count). The number of esters is 1. The zero-order valence-electron chi connectivity index (χ0n) is 16.4. The first-order valence-corrected chi connectivity index (χ1v) is 9.86. The molecule has 2 N–H and O–H groups in total. The van der Waals surface area contributed by atoms with E-state index in [-0.39, 0.29) is 36.5 Å². The quantitative estimate of drug-likeness (QED) is 0.317. The largest absolute Gasteiger partial charge is 0.456 e. The second kappa shape index (κ2) is 11.3. The molecule has 0 fully saturated rings. The summed E-state index contributed by atoms with van der Waals surface area (Å²) in [5.41, 5.74) is 1.03. The fourth-order valence-corrected chi connectivity index (χ4v) is 2.79. The second-order valence-corrected chi connectivity index (χ2v) is 7.31. The Hall–Kier alpha value is -3.17. The fourth-order valence-electron chi connectivity index (χ4n) is 2.49. The molecule has 0 bridgehead atoms. The van der Waals surface area contributed by atoms with Crippen molar-refractivity contribution >= 4 is 58.0 Å². The van der Waals surface area contributed by atoms with Gasteiger partial charge in [-0.15, -0.1) is 0 Å². The Bertz CT molecular complexity index is 1010. The lowest BCUT2D eigenvalue weighted by atomic mass is 10.2. The van der Waals surface area contributed by atoms with Crippen LogP contribution in [0.4, 0.5) is 17.1 Å². The number of nitro groups is 1. The van der Waals surface area contributed by atoms with Gasteiger partial charge in [-0.2, -0.15) is 0 Å². The van der Waals surface area contributed by atoms with Crippen molar-refractivity contribution in [2.75, 3.05) is 17.2 Å². The highest BCUT2D eigenvalue weighted by molar-refractivity contribution is 6.42. The lowest BCUT2D eigenvalue weighted by Gasteiger charge is -2.08. The zero-order chi connectivity index (χ0) is 23.0. The summed E-state index contributed by atoms with van der Waals surface area (Å²) in [6, 6.07) is 8.90. The third kappa shape index (κ3) is 7.88. The number of amides is 2. The molecular weight excluding hydrogens is 449 g/mol. The van der Waals surface area contributed by atoms with E-state index in [2.05, 4.69) is 10.6 Å². The first-order chi connectivity index (χ1) is 14.7. The number of rotatable bonds is 9. The summed E-state index contributed by atoms with van der Waals surface area (Å²) in [6.45, 7) is 1.03. The minimum Gasteiger partial charge on any atom is -0.456 e. The number of hydrogen-bond donors (Lipinski definition) is 2. The van der Waals surface area contributed by atoms with Crippen LogP contribution in [-0.4, -0.2) is 29.3 Å². The molecule has 0 heterocycles. The molecule has 2 aromatic rings. The molecule has 0 saturated carbocycles. The topological polar surface area (TPSA) is 128 Å². The molecule has 0 aliphatic rings. The molecule has 0 saturated heterocycles. The number of benzene rings is 2. The van der Waals surface area contributed by atoms with Crippen molar-refractivity contribution in [1.29, 1.82) is 0 Å². The standard InChI is InChI=1S/C20H19Cl2N3O6/c1-12-5-6-14(10-17(12)25(29)30)24-19(27)11-31-20(28)4-2-3-18(26)23-13-7-8-15(21)16(22)9-13/h5-10H,2-4,11H2,1H3,(H,23,26)(H,24,27). The fraction of sp³-hybridized carbons (Fsp3) is 0.250. The van der Waals surface area contributed by atoms with Crippen molar-refractivity contribution in [3.05, 3.63) is 62.1 Å². The number of carbonyl (C=O) groups excluding carboxylic acids is 3. The molecule has 0 atom stereocenters. The van der Waals surface area contributed by atoms with Crippen LogP contribution in [0.25, 0.3) is 0 Å². The molecule has 0 unspecified atom stereocenters. The predicted molar refractivity (Wildman–Crippen MR) is 116 cm³/mol. The molecule has 0 aliphatic heterocycles. The van der Waals surface area contributed by atoms with Gasteiger partial charge in [-0.25, -0.2) is 0 Å². The number of nitro benzene ring substituents is 1. The smallest absolute Gasteiger partial charge is 0.306 e. The van der Waals surface area contributed by atoms with E-state index in [1.165, 1.54) is 24.3 Å². The number of nitrogens with zero attached hydrogens (tertiary/aromatic N) is 1. The van der Waals surface area contributed by atoms with Crippen molar-refractivity contribution in [2.24, 2.45) is 0 Å². The molecule has 11 heteroatoms. The number of halogens is 2. The summed E-state index contributed by atoms with van der Waals surface area (Å²) in [4.78, 5) is 45.9. The minimum atomic E-state index is -0.646. The van der Waals surface area contributed by atoms with Gasteiger partial charge in [-0.1, -0.05) is 29.3 Å². The molecule has 31 heavy (non-hydrogen) atoms. The Kier molecular flexibility index (Phi) is 8.77. The lowest BCUT2D eigenvalue weighted by molar-refractivity contribution is -0.385. The molecule has 2 amide bonds. The third-order valence-corrected chi connectivity index (χ3v) is 4.78. The Balaban J connectivity index is 1.70. The van der Waals surface area contributed by atoms with Gasteiger partial charge in [-0.05, 0) is 37.6 Å². The van der Waals surface area contributed by atoms with E-state index in [0.717, 1.165) is 0 Å². The normalized spacial score (nSPS) is 10.3. The van der Waals surface area contributed by atoms with E-state index in [1.807, 2.05) is 0 Å². The average Bonchev–Trinajstić information content (AvgIpc) is 2.70. The SMILES string of the molecule is Cc1ccc(NC(=O)COC(=O)CCCC(=O)Nc2ccc(Cl)c(Cl)c2)cc1[N+](=O)[O-]. The van der Waals surface area contributed by atoms with Crippen molar-refractivity contribution in [3.63, 3.8) is 0 Å². The molecule has 2 aromatic carbocycles. The molecular formula is C20H19Cl2N3O6. The van der Waals surface area contributed by atoms with Crippen LogP contribution >= 0.6 is 23.2 Å². The van der Waals surface area contributed by atoms with Gasteiger partial charge in [0.2, 0.25) is 5.91 Å². The molecule has 0 spiro atoms. The number of hydrogen-bond acceptors (Lipinski definition) is 6. The molecule has 0 radical (unpaired) electrons. The summed E-state index contributed by atoms with van der Waals surface area (Å²) >= 11 is 11.7. The van der Waals surface area contributed by atoms with Crippen molar-refractivity contribution in [1.82, 2.24) is 0 Å². The van der Waals surface area contributed by atoms with E-state index in [1.54, 1.807) is 19.1 Å². The Morgan fingerprint density at radius 1 is 0.968 bits per heavy atom. The number of ether oxygens (including phenoxy) is 1. The highest BCUT2D eigenvalue weighted by Gasteiger charge is 2.14. The van der Waals surface area contributed by atoms with Crippen LogP contribution in [0.3, 0.4) is 0 Å². The zero-order valence-corrected chi connectivity index (χ0v) is 18.0. The van der Waals surface area contributed by atoms with Gasteiger partial charge in [0.05, 0.1) is 15.0 Å². The molecule has 0 aliphatic carbocycles. The van der Waals surface area contributed by atoms with E-state index < -0.39 is 23.4 Å². The van der Waals surface area contributed by atoms with Gasteiger partial charge < -0.3 is 15.4 Å². The first-order valence-electron chi connectivity index (χ1n) is 9.11. The Labute approximate surface area is 187 Å². The number of anilines is 2. The molecule has 0 aromatic heterocycles. The van der Waals surface area contributed by atoms with Crippen molar-refractivity contribution in [2.45, 2.75) is 26.2 Å². The van der Waals surface area contributed by atoms with Crippen LogP contribution in [0.15, 0.2) is 36.4 Å². The highest BCUT2D eigenvalue weighted by atomic mass is 35.5. The van der Waals surface area contributed by atoms with Crippen LogP contribution in [0, 0.1) is 17.0 Å². The summed E-state index contributed by atoms with van der Waals surface area (Å²) in [7, 11) is 0. The van der Waals surface area contributed by atoms with Gasteiger partial charge in [0.1, 0.15) is 0 Å². The van der Waals surface area contributed by atoms with Crippen molar-refractivity contribution in [3.8, 4) is 0 Å². The monoisotopic (exact) mass is 467 g/mol. The molecule has 164 valence electrons. The summed E-state index contributed by atoms with van der Waals surface area (Å²) in [5, 5.41) is 16.7. The van der Waals surface area contributed by atoms with Crippen LogP contribution in [0.1, 0.15) is 24.8 Å². The predicted octanol–water partition coefficient (Wildman–Crippen LogP) is 4.50. The highest BCUT2D eigenvalue weighted by Crippen LogP contribution is 2.25. The van der Waals surface area contributed by atoms with Gasteiger partial charge >= 0.3 is 5.97 Å². The maximum Gasteiger partial charge on any atom is 0.306 e. The Morgan fingerprint density at radius 3 is 2.29 bits per heavy atom. The van der Waals surface area contributed by atoms with Crippen molar-refractivity contribution < 1.29 is 24.0 Å². The third-order valence-electron chi connectivity index (χ3n) is 4.04. The maximum atomic E-state index is 11.9. The second-order valence-electron chi connectivity index (χ2n) is 6.50. The maximum absolute atomic E-state index is 11.9. The van der Waals surface area contributed by atoms with E-state index in [9.17, 15) is 24.5 Å². The average molecular weight is 468 g/mol. The van der Waals surface area contributed by atoms with Gasteiger partial charge in [0.15, 0.2) is 6.61 Å². The molecule has 9 nitrogen and oxygen atoms in total. The summed E-state index contributed by atoms with van der Waals surface area (Å²) in [6.07, 6.45) is 0.227. The summed E-state index contributed by atoms with van der Waals surface area (Å²) in [5.74, 6) is -1.60. The van der Waals surface area contributed by atoms with E-state index in [0.29, 0.717) is 21.3 Å². The lowest BCUT2D eigenvalue weighted by Crippen LogP contribution is -2.21. The summed E-state index contributed by atoms with van der Waals surface area (Å²) < 4.78 is 4.86. The van der Waals surface area contributed by atoms with Crippen LogP contribution in [0.5, 0.6) is 0 Å². The van der Waals surface area contributed by atoms with Crippen LogP contribution in [-0.2, 0) is 19.1 Å². The minimum absolute atomic E-state index is 0.0575. The number of aryl methyl sites for hydroxylation is 1. The number of nitrogens with one attached hydrogen (secondary N) is 2. The van der Waals surface area contributed by atoms with Gasteiger partial charge in [0.25, 0.3) is 11.6 Å². The van der Waals surface area contributed by atoms with Crippen LogP contribution < -0.4 is 10.6 Å². The van der Waals surface area contributed by atoms with Gasteiger partial charge in [-0.3, -0.25) is 24.5 Å². The number of carbonyl (C=O) groups is 3. The van der Waals surface area contributed by atoms with E-state index >= 15 is 0 Å². The first kappa shape index (κ1) is 24.1. The van der Waals surface area contributed by atoms with Crippen LogP contribution in [0.2, 0.25) is 10.0 Å². The van der Waals surface area contributed by atoms with E-state index in [4.69, 9.17) is 27.9 Å².